The molecule has 0 radical (unpaired) electrons. The molecule has 0 amide bonds. The van der Waals surface area contributed by atoms with Crippen molar-refractivity contribution in [1.82, 2.24) is 15.6 Å². The number of aromatic nitrogens is 1. The van der Waals surface area contributed by atoms with Crippen LogP contribution in [0.2, 0.25) is 0 Å². The predicted octanol–water partition coefficient (Wildman–Crippen LogP) is 3.79. The number of rotatable bonds is 6. The number of hydrogen-bond acceptors (Lipinski definition) is 3. The Kier molecular flexibility index (Phi) is 6.79. The Morgan fingerprint density at radius 1 is 1.25 bits per heavy atom. The fraction of sp³-hybridized carbons (Fsp3) is 0.474. The Bertz CT molecular complexity index is 673. The van der Waals surface area contributed by atoms with Gasteiger partial charge in [-0.1, -0.05) is 31.2 Å². The van der Waals surface area contributed by atoms with Crippen LogP contribution in [0.5, 0.6) is 0 Å². The first kappa shape index (κ1) is 18.5. The molecule has 5 heteroatoms. The first-order valence-electron chi connectivity index (χ1n) is 8.52. The maximum Gasteiger partial charge on any atom is 0.191 e. The zero-order valence-corrected chi connectivity index (χ0v) is 16.1. The largest absolute Gasteiger partial charge is 0.356 e. The monoisotopic (exact) mass is 344 g/mol. The molecule has 1 unspecified atom stereocenters. The number of aryl methyl sites for hydroxylation is 3. The molecule has 24 heavy (non-hydrogen) atoms. The fourth-order valence-electron chi connectivity index (χ4n) is 2.62. The van der Waals surface area contributed by atoms with Crippen molar-refractivity contribution in [2.24, 2.45) is 4.99 Å². The van der Waals surface area contributed by atoms with Crippen LogP contribution in [0.15, 0.2) is 29.3 Å². The van der Waals surface area contributed by atoms with Gasteiger partial charge in [0.15, 0.2) is 5.96 Å². The molecule has 0 saturated heterocycles. The number of nitrogens with one attached hydrogen (secondary N) is 2. The summed E-state index contributed by atoms with van der Waals surface area (Å²) in [6, 6.07) is 8.98. The van der Waals surface area contributed by atoms with E-state index >= 15 is 0 Å². The fourth-order valence-corrected chi connectivity index (χ4v) is 3.56. The predicted molar refractivity (Wildman–Crippen MR) is 104 cm³/mol. The van der Waals surface area contributed by atoms with Crippen molar-refractivity contribution in [3.8, 4) is 0 Å². The van der Waals surface area contributed by atoms with Gasteiger partial charge in [0, 0.05) is 24.9 Å². The van der Waals surface area contributed by atoms with Gasteiger partial charge in [-0.15, -0.1) is 11.3 Å². The van der Waals surface area contributed by atoms with Gasteiger partial charge in [-0.3, -0.25) is 4.99 Å². The van der Waals surface area contributed by atoms with Gasteiger partial charge >= 0.3 is 0 Å². The Hall–Kier alpha value is -1.88. The summed E-state index contributed by atoms with van der Waals surface area (Å²) in [6.45, 7) is 9.32. The van der Waals surface area contributed by atoms with Crippen molar-refractivity contribution in [1.29, 1.82) is 0 Å². The number of aliphatic imine (C=N–C) groups is 1. The lowest BCUT2D eigenvalue weighted by Gasteiger charge is -2.18. The van der Waals surface area contributed by atoms with Crippen LogP contribution in [0.25, 0.3) is 0 Å². The summed E-state index contributed by atoms with van der Waals surface area (Å²) in [4.78, 5) is 10.2. The number of nitrogens with zero attached hydrogens (tertiary/aromatic N) is 2. The van der Waals surface area contributed by atoms with Crippen molar-refractivity contribution in [3.63, 3.8) is 0 Å². The summed E-state index contributed by atoms with van der Waals surface area (Å²) in [7, 11) is 1.81. The Balaban J connectivity index is 1.86. The lowest BCUT2D eigenvalue weighted by atomic mass is 10.1. The van der Waals surface area contributed by atoms with E-state index in [0.29, 0.717) is 0 Å². The van der Waals surface area contributed by atoms with Crippen molar-refractivity contribution in [3.05, 3.63) is 51.0 Å². The van der Waals surface area contributed by atoms with Gasteiger partial charge in [-0.25, -0.2) is 4.98 Å². The number of hydrogen-bond donors (Lipinski definition) is 2. The summed E-state index contributed by atoms with van der Waals surface area (Å²) in [5.41, 5.74) is 3.78. The minimum atomic E-state index is 0.217. The number of thiazole rings is 1. The number of benzene rings is 1. The molecule has 0 bridgehead atoms. The minimum Gasteiger partial charge on any atom is -0.356 e. The average molecular weight is 345 g/mol. The van der Waals surface area contributed by atoms with Gasteiger partial charge in [0.25, 0.3) is 0 Å². The minimum absolute atomic E-state index is 0.217. The quantitative estimate of drug-likeness (QED) is 0.619. The highest BCUT2D eigenvalue weighted by Crippen LogP contribution is 2.17. The third kappa shape index (κ3) is 5.06. The second-order valence-corrected chi connectivity index (χ2v) is 7.24. The van der Waals surface area contributed by atoms with Gasteiger partial charge in [0.05, 0.1) is 16.7 Å². The van der Waals surface area contributed by atoms with Crippen LogP contribution in [-0.4, -0.2) is 24.5 Å². The van der Waals surface area contributed by atoms with Gasteiger partial charge in [0.1, 0.15) is 0 Å². The zero-order chi connectivity index (χ0) is 17.5. The zero-order valence-electron chi connectivity index (χ0n) is 15.3. The molecule has 1 aromatic heterocycles. The van der Waals surface area contributed by atoms with Crippen LogP contribution in [-0.2, 0) is 12.8 Å². The van der Waals surface area contributed by atoms with Crippen LogP contribution in [0, 0.1) is 13.8 Å². The summed E-state index contributed by atoms with van der Waals surface area (Å²) in [5.74, 6) is 0.834. The molecule has 0 aliphatic carbocycles. The first-order valence-corrected chi connectivity index (χ1v) is 9.34. The third-order valence-corrected chi connectivity index (χ3v) is 5.24. The van der Waals surface area contributed by atoms with Gasteiger partial charge in [0.2, 0.25) is 0 Å². The maximum atomic E-state index is 4.48. The van der Waals surface area contributed by atoms with Crippen LogP contribution < -0.4 is 10.6 Å². The van der Waals surface area contributed by atoms with Crippen molar-refractivity contribution in [2.45, 2.75) is 46.6 Å². The SMILES string of the molecule is CCc1ccc(C(C)NC(=NC)NCCc2sc(C)nc2C)cc1. The van der Waals surface area contributed by atoms with Gasteiger partial charge in [-0.2, -0.15) is 0 Å². The van der Waals surface area contributed by atoms with Crippen LogP contribution in [0.4, 0.5) is 0 Å². The normalized spacial score (nSPS) is 13.0. The van der Waals surface area contributed by atoms with E-state index in [-0.39, 0.29) is 6.04 Å². The topological polar surface area (TPSA) is 49.3 Å². The molecule has 4 nitrogen and oxygen atoms in total. The Morgan fingerprint density at radius 2 is 1.96 bits per heavy atom. The van der Waals surface area contributed by atoms with Crippen molar-refractivity contribution < 1.29 is 0 Å². The molecule has 0 fully saturated rings. The Morgan fingerprint density at radius 3 is 2.50 bits per heavy atom. The van der Waals surface area contributed by atoms with Crippen LogP contribution in [0.1, 0.15) is 46.6 Å². The second-order valence-electron chi connectivity index (χ2n) is 5.95. The van der Waals surface area contributed by atoms with Crippen molar-refractivity contribution >= 4 is 17.3 Å². The molecule has 2 rings (SSSR count). The second kappa shape index (κ2) is 8.83. The van der Waals surface area contributed by atoms with E-state index in [1.54, 1.807) is 11.3 Å². The summed E-state index contributed by atoms with van der Waals surface area (Å²) < 4.78 is 0. The molecule has 2 aromatic rings. The van der Waals surface area contributed by atoms with Crippen molar-refractivity contribution in [2.75, 3.05) is 13.6 Å². The summed E-state index contributed by atoms with van der Waals surface area (Å²) in [5, 5.41) is 7.98. The standard InChI is InChI=1S/C19H28N4S/c1-6-16-7-9-17(10-8-16)13(2)23-19(20-5)21-12-11-18-14(3)22-15(4)24-18/h7-10,13H,6,11-12H2,1-5H3,(H2,20,21,23). The van der Waals surface area contributed by atoms with E-state index in [1.165, 1.54) is 16.0 Å². The molecule has 130 valence electrons. The first-order chi connectivity index (χ1) is 11.5. The van der Waals surface area contributed by atoms with E-state index in [4.69, 9.17) is 0 Å². The lowest BCUT2D eigenvalue weighted by Crippen LogP contribution is -2.39. The van der Waals surface area contributed by atoms with E-state index < -0.39 is 0 Å². The Labute approximate surface area is 149 Å². The molecule has 0 saturated carbocycles. The van der Waals surface area contributed by atoms with E-state index in [0.717, 1.165) is 36.0 Å². The molecular weight excluding hydrogens is 316 g/mol. The summed E-state index contributed by atoms with van der Waals surface area (Å²) >= 11 is 1.78. The van der Waals surface area contributed by atoms with E-state index in [9.17, 15) is 0 Å². The van der Waals surface area contributed by atoms with E-state index in [2.05, 4.69) is 72.6 Å². The average Bonchev–Trinajstić information content (AvgIpc) is 2.91. The van der Waals surface area contributed by atoms with Gasteiger partial charge < -0.3 is 10.6 Å². The highest BCUT2D eigenvalue weighted by atomic mass is 32.1. The van der Waals surface area contributed by atoms with Crippen LogP contribution in [0.3, 0.4) is 0 Å². The molecule has 1 aromatic carbocycles. The van der Waals surface area contributed by atoms with Gasteiger partial charge in [-0.05, 0) is 38.3 Å². The summed E-state index contributed by atoms with van der Waals surface area (Å²) in [6.07, 6.45) is 2.04. The number of guanidine groups is 1. The molecule has 0 spiro atoms. The third-order valence-electron chi connectivity index (χ3n) is 4.11. The molecule has 1 atom stereocenters. The molecule has 0 aliphatic rings. The molecule has 0 aliphatic heterocycles. The lowest BCUT2D eigenvalue weighted by molar-refractivity contribution is 0.684. The smallest absolute Gasteiger partial charge is 0.191 e. The highest BCUT2D eigenvalue weighted by Gasteiger charge is 2.09. The molecular formula is C19H28N4S. The van der Waals surface area contributed by atoms with E-state index in [1.807, 2.05) is 7.05 Å². The molecule has 1 heterocycles. The molecule has 2 N–H and O–H groups in total. The maximum absolute atomic E-state index is 4.48. The highest BCUT2D eigenvalue weighted by molar-refractivity contribution is 7.11. The van der Waals surface area contributed by atoms with Crippen LogP contribution >= 0.6 is 11.3 Å².